The molecule has 122 valence electrons. The van der Waals surface area contributed by atoms with Crippen LogP contribution in [0.5, 0.6) is 0 Å². The molecule has 0 saturated carbocycles. The summed E-state index contributed by atoms with van der Waals surface area (Å²) in [5, 5.41) is 0. The van der Waals surface area contributed by atoms with Crippen molar-refractivity contribution >= 4 is 5.91 Å². The number of ether oxygens (including phenoxy) is 1. The standard InChI is InChI=1S/C19H29NO2/c1-3-22-18-11-13-20(14-12-18)19(21)15-16(2)9-10-17-7-5-4-6-8-17/h4-8,16,18H,3,9-15H2,1-2H3. The molecule has 22 heavy (non-hydrogen) atoms. The van der Waals surface area contributed by atoms with Gasteiger partial charge in [0.25, 0.3) is 0 Å². The minimum Gasteiger partial charge on any atom is -0.378 e. The van der Waals surface area contributed by atoms with E-state index in [1.807, 2.05) is 17.9 Å². The van der Waals surface area contributed by atoms with Crippen LogP contribution in [0.15, 0.2) is 30.3 Å². The first kappa shape index (κ1) is 17.0. The van der Waals surface area contributed by atoms with Crippen LogP contribution in [0, 0.1) is 5.92 Å². The van der Waals surface area contributed by atoms with Gasteiger partial charge in [-0.2, -0.15) is 0 Å². The van der Waals surface area contributed by atoms with E-state index in [9.17, 15) is 4.79 Å². The molecule has 3 nitrogen and oxygen atoms in total. The highest BCUT2D eigenvalue weighted by molar-refractivity contribution is 5.76. The van der Waals surface area contributed by atoms with E-state index in [0.29, 0.717) is 24.3 Å². The topological polar surface area (TPSA) is 29.5 Å². The van der Waals surface area contributed by atoms with Gasteiger partial charge in [0.1, 0.15) is 0 Å². The second kappa shape index (κ2) is 8.94. The molecule has 1 heterocycles. The summed E-state index contributed by atoms with van der Waals surface area (Å²) in [6.07, 6.45) is 5.12. The Hall–Kier alpha value is -1.35. The van der Waals surface area contributed by atoms with Gasteiger partial charge in [-0.1, -0.05) is 37.3 Å². The van der Waals surface area contributed by atoms with E-state index in [2.05, 4.69) is 31.2 Å². The molecule has 1 amide bonds. The summed E-state index contributed by atoms with van der Waals surface area (Å²) in [5.74, 6) is 0.757. The lowest BCUT2D eigenvalue weighted by atomic mass is 9.97. The number of nitrogens with zero attached hydrogens (tertiary/aromatic N) is 1. The fraction of sp³-hybridized carbons (Fsp3) is 0.632. The molecular weight excluding hydrogens is 274 g/mol. The average molecular weight is 303 g/mol. The predicted molar refractivity (Wildman–Crippen MR) is 89.8 cm³/mol. The molecule has 1 aromatic carbocycles. The lowest BCUT2D eigenvalue weighted by Gasteiger charge is -2.32. The summed E-state index contributed by atoms with van der Waals surface area (Å²) >= 11 is 0. The first-order valence-corrected chi connectivity index (χ1v) is 8.62. The van der Waals surface area contributed by atoms with Crippen LogP contribution in [-0.4, -0.2) is 36.6 Å². The van der Waals surface area contributed by atoms with Crippen molar-refractivity contribution in [2.75, 3.05) is 19.7 Å². The maximum Gasteiger partial charge on any atom is 0.222 e. The molecule has 2 rings (SSSR count). The molecular formula is C19H29NO2. The van der Waals surface area contributed by atoms with Crippen molar-refractivity contribution in [3.8, 4) is 0 Å². The summed E-state index contributed by atoms with van der Waals surface area (Å²) in [5.41, 5.74) is 1.36. The van der Waals surface area contributed by atoms with Gasteiger partial charge in [0.05, 0.1) is 6.10 Å². The Morgan fingerprint density at radius 3 is 2.59 bits per heavy atom. The Bertz CT molecular complexity index is 438. The van der Waals surface area contributed by atoms with E-state index < -0.39 is 0 Å². The van der Waals surface area contributed by atoms with Crippen LogP contribution in [0.4, 0.5) is 0 Å². The van der Waals surface area contributed by atoms with E-state index in [-0.39, 0.29) is 0 Å². The number of benzene rings is 1. The third kappa shape index (κ3) is 5.45. The van der Waals surface area contributed by atoms with Gasteiger partial charge >= 0.3 is 0 Å². The Morgan fingerprint density at radius 1 is 1.27 bits per heavy atom. The lowest BCUT2D eigenvalue weighted by molar-refractivity contribution is -0.134. The Labute approximate surface area is 134 Å². The van der Waals surface area contributed by atoms with Crippen molar-refractivity contribution in [1.29, 1.82) is 0 Å². The van der Waals surface area contributed by atoms with Crippen LogP contribution in [0.1, 0.15) is 45.1 Å². The van der Waals surface area contributed by atoms with Gasteiger partial charge in [0, 0.05) is 26.1 Å². The number of hydrogen-bond donors (Lipinski definition) is 0. The van der Waals surface area contributed by atoms with E-state index >= 15 is 0 Å². The normalized spacial score (nSPS) is 17.5. The van der Waals surface area contributed by atoms with Gasteiger partial charge in [-0.25, -0.2) is 0 Å². The molecule has 0 aromatic heterocycles. The molecule has 1 aliphatic heterocycles. The highest BCUT2D eigenvalue weighted by Crippen LogP contribution is 2.18. The number of piperidine rings is 1. The molecule has 1 fully saturated rings. The molecule has 1 unspecified atom stereocenters. The van der Waals surface area contributed by atoms with Crippen molar-refractivity contribution in [2.24, 2.45) is 5.92 Å². The number of carbonyl (C=O) groups is 1. The second-order valence-corrected chi connectivity index (χ2v) is 6.37. The van der Waals surface area contributed by atoms with Gasteiger partial charge in [-0.15, -0.1) is 0 Å². The van der Waals surface area contributed by atoms with Crippen molar-refractivity contribution in [1.82, 2.24) is 4.90 Å². The van der Waals surface area contributed by atoms with Crippen LogP contribution in [0.25, 0.3) is 0 Å². The number of aryl methyl sites for hydroxylation is 1. The number of amides is 1. The summed E-state index contributed by atoms with van der Waals surface area (Å²) < 4.78 is 5.64. The zero-order valence-electron chi connectivity index (χ0n) is 14.0. The zero-order valence-corrected chi connectivity index (χ0v) is 14.0. The zero-order chi connectivity index (χ0) is 15.8. The van der Waals surface area contributed by atoms with Crippen LogP contribution in [-0.2, 0) is 16.0 Å². The van der Waals surface area contributed by atoms with Crippen LogP contribution in [0.2, 0.25) is 0 Å². The minimum absolute atomic E-state index is 0.315. The third-order valence-corrected chi connectivity index (χ3v) is 4.49. The highest BCUT2D eigenvalue weighted by Gasteiger charge is 2.23. The lowest BCUT2D eigenvalue weighted by Crippen LogP contribution is -2.41. The molecule has 0 aliphatic carbocycles. The molecule has 3 heteroatoms. The first-order chi connectivity index (χ1) is 10.7. The first-order valence-electron chi connectivity index (χ1n) is 8.62. The van der Waals surface area contributed by atoms with E-state index in [1.54, 1.807) is 0 Å². The quantitative estimate of drug-likeness (QED) is 0.769. The minimum atomic E-state index is 0.315. The van der Waals surface area contributed by atoms with Gasteiger partial charge in [-0.05, 0) is 44.1 Å². The maximum atomic E-state index is 12.4. The number of hydrogen-bond acceptors (Lipinski definition) is 2. The van der Waals surface area contributed by atoms with Crippen molar-refractivity contribution < 1.29 is 9.53 Å². The monoisotopic (exact) mass is 303 g/mol. The van der Waals surface area contributed by atoms with Crippen LogP contribution >= 0.6 is 0 Å². The van der Waals surface area contributed by atoms with Crippen molar-refractivity contribution in [3.05, 3.63) is 35.9 Å². The summed E-state index contributed by atoms with van der Waals surface area (Å²) in [4.78, 5) is 14.4. The van der Waals surface area contributed by atoms with E-state index in [0.717, 1.165) is 45.4 Å². The van der Waals surface area contributed by atoms with Gasteiger partial charge in [0.15, 0.2) is 0 Å². The summed E-state index contributed by atoms with van der Waals surface area (Å²) in [6.45, 7) is 6.71. The molecule has 0 spiro atoms. The van der Waals surface area contributed by atoms with Gasteiger partial charge in [0.2, 0.25) is 5.91 Å². The fourth-order valence-corrected chi connectivity index (χ4v) is 3.09. The van der Waals surface area contributed by atoms with Gasteiger partial charge < -0.3 is 9.64 Å². The largest absolute Gasteiger partial charge is 0.378 e. The van der Waals surface area contributed by atoms with Crippen LogP contribution < -0.4 is 0 Å². The van der Waals surface area contributed by atoms with Gasteiger partial charge in [-0.3, -0.25) is 4.79 Å². The second-order valence-electron chi connectivity index (χ2n) is 6.37. The maximum absolute atomic E-state index is 12.4. The Kier molecular flexibility index (Phi) is 6.91. The molecule has 0 N–H and O–H groups in total. The predicted octanol–water partition coefficient (Wildman–Crippen LogP) is 3.67. The van der Waals surface area contributed by atoms with Crippen molar-refractivity contribution in [3.63, 3.8) is 0 Å². The van der Waals surface area contributed by atoms with Crippen LogP contribution in [0.3, 0.4) is 0 Å². The van der Waals surface area contributed by atoms with E-state index in [1.165, 1.54) is 5.56 Å². The Balaban J connectivity index is 1.68. The molecule has 0 radical (unpaired) electrons. The molecule has 0 bridgehead atoms. The number of rotatable bonds is 7. The molecule has 1 aliphatic rings. The SMILES string of the molecule is CCOC1CCN(C(=O)CC(C)CCc2ccccc2)CC1. The summed E-state index contributed by atoms with van der Waals surface area (Å²) in [7, 11) is 0. The van der Waals surface area contributed by atoms with E-state index in [4.69, 9.17) is 4.74 Å². The highest BCUT2D eigenvalue weighted by atomic mass is 16.5. The smallest absolute Gasteiger partial charge is 0.222 e. The number of carbonyl (C=O) groups excluding carboxylic acids is 1. The third-order valence-electron chi connectivity index (χ3n) is 4.49. The fourth-order valence-electron chi connectivity index (χ4n) is 3.09. The van der Waals surface area contributed by atoms with Crippen molar-refractivity contribution in [2.45, 2.75) is 52.1 Å². The Morgan fingerprint density at radius 2 is 1.95 bits per heavy atom. The summed E-state index contributed by atoms with van der Waals surface area (Å²) in [6, 6.07) is 10.5. The molecule has 1 atom stereocenters. The molecule has 1 aromatic rings. The molecule has 1 saturated heterocycles. The average Bonchev–Trinajstić information content (AvgIpc) is 2.55. The number of likely N-dealkylation sites (tertiary alicyclic amines) is 1.